The molecule has 0 aliphatic carbocycles. The van der Waals surface area contributed by atoms with Crippen LogP contribution in [0.4, 0.5) is 0 Å². The topological polar surface area (TPSA) is 35.1 Å². The maximum atomic E-state index is 4.77. The van der Waals surface area contributed by atoms with Gasteiger partial charge in [0.1, 0.15) is 0 Å². The number of hydrogen-bond acceptors (Lipinski definition) is 4. The summed E-state index contributed by atoms with van der Waals surface area (Å²) in [6, 6.07) is 38.3. The first kappa shape index (κ1) is 25.0. The van der Waals surface area contributed by atoms with Crippen LogP contribution in [0.25, 0.3) is 84.4 Å². The fraction of sp³-hybridized carbons (Fsp3) is 0.0500. The van der Waals surface area contributed by atoms with E-state index < -0.39 is 0 Å². The van der Waals surface area contributed by atoms with Gasteiger partial charge in [-0.05, 0) is 66.7 Å². The van der Waals surface area contributed by atoms with E-state index >= 15 is 0 Å². The van der Waals surface area contributed by atoms with Gasteiger partial charge in [-0.15, -0.1) is 22.7 Å². The van der Waals surface area contributed by atoms with Crippen molar-refractivity contribution in [3.63, 3.8) is 0 Å². The lowest BCUT2D eigenvalue weighted by Gasteiger charge is -2.13. The zero-order valence-corrected chi connectivity index (χ0v) is 26.2. The van der Waals surface area contributed by atoms with Gasteiger partial charge in [0.25, 0.3) is 0 Å². The van der Waals surface area contributed by atoms with Gasteiger partial charge in [0.15, 0.2) is 0 Å². The lowest BCUT2D eigenvalue weighted by molar-refractivity contribution is 0.875. The number of benzene rings is 5. The molecule has 46 heavy (non-hydrogen) atoms. The molecular weight excluding hydrogens is 601 g/mol. The summed E-state index contributed by atoms with van der Waals surface area (Å²) in [7, 11) is 0. The van der Waals surface area contributed by atoms with Gasteiger partial charge in [-0.3, -0.25) is 9.98 Å². The Balaban J connectivity index is 1.22. The van der Waals surface area contributed by atoms with Crippen LogP contribution in [0.3, 0.4) is 0 Å². The molecule has 0 radical (unpaired) electrons. The SMILES string of the molecule is C1=NCCc2c1c1cc3c(cc1n2-c1ccc2sc4ccccc4c2c1)c1cnccc1n3-c1ccc2sc3ccccc3c2c1. The van der Waals surface area contributed by atoms with Crippen molar-refractivity contribution < 1.29 is 0 Å². The highest BCUT2D eigenvalue weighted by molar-refractivity contribution is 7.26. The van der Waals surface area contributed by atoms with E-state index in [0.29, 0.717) is 0 Å². The molecule has 4 nitrogen and oxygen atoms in total. The average molecular weight is 625 g/mol. The van der Waals surface area contributed by atoms with Crippen LogP contribution in [0, 0.1) is 0 Å². The molecule has 1 aliphatic heterocycles. The van der Waals surface area contributed by atoms with Crippen LogP contribution < -0.4 is 0 Å². The molecule has 6 heteroatoms. The van der Waals surface area contributed by atoms with Crippen molar-refractivity contribution in [1.29, 1.82) is 0 Å². The first-order valence-electron chi connectivity index (χ1n) is 15.6. The Morgan fingerprint density at radius 3 is 1.89 bits per heavy atom. The fourth-order valence-corrected chi connectivity index (χ4v) is 9.89. The summed E-state index contributed by atoms with van der Waals surface area (Å²) < 4.78 is 10.2. The molecule has 6 heterocycles. The summed E-state index contributed by atoms with van der Waals surface area (Å²) in [4.78, 5) is 9.36. The highest BCUT2D eigenvalue weighted by Gasteiger charge is 2.23. The molecule has 5 aromatic carbocycles. The van der Waals surface area contributed by atoms with Gasteiger partial charge >= 0.3 is 0 Å². The Morgan fingerprint density at radius 2 is 1.15 bits per heavy atom. The lowest BCUT2D eigenvalue weighted by Crippen LogP contribution is -2.07. The molecule has 0 bridgehead atoms. The van der Waals surface area contributed by atoms with Crippen molar-refractivity contribution in [2.24, 2.45) is 4.99 Å². The van der Waals surface area contributed by atoms with Gasteiger partial charge in [-0.1, -0.05) is 36.4 Å². The number of nitrogens with zero attached hydrogens (tertiary/aromatic N) is 4. The van der Waals surface area contributed by atoms with E-state index in [1.165, 1.54) is 84.8 Å². The Morgan fingerprint density at radius 1 is 0.522 bits per heavy atom. The minimum absolute atomic E-state index is 0.806. The van der Waals surface area contributed by atoms with Gasteiger partial charge in [-0.2, -0.15) is 0 Å². The van der Waals surface area contributed by atoms with Crippen LogP contribution in [0.5, 0.6) is 0 Å². The number of thiophene rings is 2. The lowest BCUT2D eigenvalue weighted by atomic mass is 10.1. The standard InChI is InChI=1S/C40H24N4S2/c1-3-7-37-25(5-1)29-17-23(9-11-39(29)45-37)43-33-13-15-41-21-31(33)27-20-36-28(19-35(27)43)32-22-42-16-14-34(32)44(36)24-10-12-40-30(18-24)26-6-2-4-8-38(26)46-40/h1-13,15,17-22H,14,16H2. The van der Waals surface area contributed by atoms with E-state index in [2.05, 4.69) is 123 Å². The molecule has 0 spiro atoms. The predicted octanol–water partition coefficient (Wildman–Crippen LogP) is 10.8. The molecule has 0 amide bonds. The van der Waals surface area contributed by atoms with E-state index in [4.69, 9.17) is 4.99 Å². The highest BCUT2D eigenvalue weighted by atomic mass is 32.1. The van der Waals surface area contributed by atoms with E-state index in [1.807, 2.05) is 35.1 Å². The molecule has 0 fully saturated rings. The largest absolute Gasteiger partial charge is 0.313 e. The van der Waals surface area contributed by atoms with E-state index in [9.17, 15) is 0 Å². The zero-order chi connectivity index (χ0) is 29.9. The monoisotopic (exact) mass is 624 g/mol. The molecule has 0 N–H and O–H groups in total. The molecule has 5 aromatic heterocycles. The van der Waals surface area contributed by atoms with Crippen molar-refractivity contribution in [2.45, 2.75) is 6.42 Å². The van der Waals surface area contributed by atoms with Crippen LogP contribution in [0.1, 0.15) is 11.3 Å². The van der Waals surface area contributed by atoms with Crippen molar-refractivity contribution in [2.75, 3.05) is 6.54 Å². The fourth-order valence-electron chi connectivity index (χ4n) is 7.72. The summed E-state index contributed by atoms with van der Waals surface area (Å²) >= 11 is 3.72. The van der Waals surface area contributed by atoms with E-state index in [-0.39, 0.29) is 0 Å². The van der Waals surface area contributed by atoms with E-state index in [0.717, 1.165) is 23.9 Å². The molecule has 0 saturated carbocycles. The third-order valence-electron chi connectivity index (χ3n) is 9.73. The molecule has 0 saturated heterocycles. The molecule has 11 rings (SSSR count). The Hall–Kier alpha value is -5.30. The second-order valence-electron chi connectivity index (χ2n) is 12.2. The van der Waals surface area contributed by atoms with Gasteiger partial charge in [-0.25, -0.2) is 0 Å². The smallest absolute Gasteiger partial charge is 0.0571 e. The molecular formula is C40H24N4S2. The van der Waals surface area contributed by atoms with Crippen LogP contribution in [0.15, 0.2) is 121 Å². The Bertz CT molecular complexity index is 2930. The third-order valence-corrected chi connectivity index (χ3v) is 12.0. The van der Waals surface area contributed by atoms with Crippen molar-refractivity contribution in [3.05, 3.63) is 127 Å². The number of hydrogen-bond donors (Lipinski definition) is 0. The molecule has 0 atom stereocenters. The van der Waals surface area contributed by atoms with Crippen molar-refractivity contribution in [1.82, 2.24) is 14.1 Å². The van der Waals surface area contributed by atoms with E-state index in [1.54, 1.807) is 0 Å². The number of fused-ring (bicyclic) bond motifs is 12. The normalized spacial score (nSPS) is 13.4. The summed E-state index contributed by atoms with van der Waals surface area (Å²) in [6.45, 7) is 0.806. The number of rotatable bonds is 2. The van der Waals surface area contributed by atoms with Gasteiger partial charge in [0, 0.05) is 111 Å². The second-order valence-corrected chi connectivity index (χ2v) is 14.3. The Kier molecular flexibility index (Phi) is 4.95. The van der Waals surface area contributed by atoms with Gasteiger partial charge in [0.05, 0.1) is 16.6 Å². The molecule has 0 unspecified atom stereocenters. The maximum Gasteiger partial charge on any atom is 0.0571 e. The maximum absolute atomic E-state index is 4.77. The quantitative estimate of drug-likeness (QED) is 0.188. The zero-order valence-electron chi connectivity index (χ0n) is 24.6. The number of pyridine rings is 1. The molecule has 216 valence electrons. The molecule has 1 aliphatic rings. The minimum atomic E-state index is 0.806. The van der Waals surface area contributed by atoms with Crippen LogP contribution in [0.2, 0.25) is 0 Å². The van der Waals surface area contributed by atoms with Crippen LogP contribution >= 0.6 is 22.7 Å². The number of aliphatic imine (C=N–C) groups is 1. The first-order chi connectivity index (χ1) is 22.8. The highest BCUT2D eigenvalue weighted by Crippen LogP contribution is 2.42. The third kappa shape index (κ3) is 3.32. The summed E-state index contributed by atoms with van der Waals surface area (Å²) in [5.41, 5.74) is 8.49. The summed E-state index contributed by atoms with van der Waals surface area (Å²) in [5.74, 6) is 0. The van der Waals surface area contributed by atoms with Crippen LogP contribution in [-0.2, 0) is 6.42 Å². The first-order valence-corrected chi connectivity index (χ1v) is 17.2. The van der Waals surface area contributed by atoms with Gasteiger partial charge in [0.2, 0.25) is 0 Å². The van der Waals surface area contributed by atoms with Crippen molar-refractivity contribution >= 4 is 102 Å². The average Bonchev–Trinajstić information content (AvgIpc) is 3.84. The van der Waals surface area contributed by atoms with Crippen molar-refractivity contribution in [3.8, 4) is 11.4 Å². The Labute approximate surface area is 271 Å². The predicted molar refractivity (Wildman–Crippen MR) is 197 cm³/mol. The minimum Gasteiger partial charge on any atom is -0.313 e. The van der Waals surface area contributed by atoms with Crippen LogP contribution in [-0.4, -0.2) is 26.9 Å². The second kappa shape index (κ2) is 9.13. The molecule has 10 aromatic rings. The summed E-state index contributed by atoms with van der Waals surface area (Å²) in [6.07, 6.45) is 6.94. The number of aromatic nitrogens is 3. The van der Waals surface area contributed by atoms with Gasteiger partial charge < -0.3 is 9.13 Å². The summed E-state index contributed by atoms with van der Waals surface area (Å²) in [5, 5.41) is 8.86.